The van der Waals surface area contributed by atoms with Crippen LogP contribution in [-0.4, -0.2) is 23.7 Å². The van der Waals surface area contributed by atoms with Gasteiger partial charge in [0.1, 0.15) is 5.75 Å². The minimum absolute atomic E-state index is 0.202. The zero-order valence-electron chi connectivity index (χ0n) is 16.0. The van der Waals surface area contributed by atoms with Gasteiger partial charge in [-0.1, -0.05) is 23.5 Å². The van der Waals surface area contributed by atoms with Crippen molar-refractivity contribution >= 4 is 44.0 Å². The highest BCUT2D eigenvalue weighted by Gasteiger charge is 2.17. The molecule has 140 valence electrons. The zero-order valence-corrected chi connectivity index (χ0v) is 16.8. The van der Waals surface area contributed by atoms with Gasteiger partial charge in [0.2, 0.25) is 5.13 Å². The van der Waals surface area contributed by atoms with E-state index in [4.69, 9.17) is 4.74 Å². The minimum Gasteiger partial charge on any atom is -0.496 e. The van der Waals surface area contributed by atoms with Crippen LogP contribution in [-0.2, 0) is 0 Å². The van der Waals surface area contributed by atoms with Crippen LogP contribution in [0.15, 0.2) is 35.4 Å². The molecule has 1 aromatic heterocycles. The SMILES string of the molecule is COc1ccccc1C(=O)Nc1c(C)cc2nc(NN=C(C)C)sc2c1C. The Bertz CT molecular complexity index is 1040. The van der Waals surface area contributed by atoms with Crippen molar-refractivity contribution in [1.82, 2.24) is 4.98 Å². The van der Waals surface area contributed by atoms with E-state index in [1.54, 1.807) is 19.2 Å². The number of hydrogen-bond acceptors (Lipinski definition) is 6. The van der Waals surface area contributed by atoms with Gasteiger partial charge in [0.05, 0.1) is 22.9 Å². The number of aromatic nitrogens is 1. The lowest BCUT2D eigenvalue weighted by molar-refractivity contribution is 0.102. The molecule has 0 aliphatic rings. The third-order valence-electron chi connectivity index (χ3n) is 4.08. The van der Waals surface area contributed by atoms with Gasteiger partial charge >= 0.3 is 0 Å². The third kappa shape index (κ3) is 3.93. The smallest absolute Gasteiger partial charge is 0.259 e. The van der Waals surface area contributed by atoms with Crippen molar-refractivity contribution in [2.75, 3.05) is 17.9 Å². The summed E-state index contributed by atoms with van der Waals surface area (Å²) in [4.78, 5) is 17.4. The Morgan fingerprint density at radius 1 is 1.22 bits per heavy atom. The molecule has 1 amide bonds. The van der Waals surface area contributed by atoms with Crippen molar-refractivity contribution in [3.8, 4) is 5.75 Å². The van der Waals surface area contributed by atoms with Gasteiger partial charge in [0.15, 0.2) is 0 Å². The molecule has 2 aromatic carbocycles. The second-order valence-corrected chi connectivity index (χ2v) is 7.39. The molecule has 27 heavy (non-hydrogen) atoms. The molecule has 0 radical (unpaired) electrons. The molecule has 0 saturated carbocycles. The molecule has 7 heteroatoms. The average molecular weight is 382 g/mol. The Morgan fingerprint density at radius 3 is 2.67 bits per heavy atom. The number of rotatable bonds is 5. The number of carbonyl (C=O) groups excluding carboxylic acids is 1. The second-order valence-electron chi connectivity index (χ2n) is 6.39. The van der Waals surface area contributed by atoms with Gasteiger partial charge in [-0.25, -0.2) is 4.98 Å². The van der Waals surface area contributed by atoms with Gasteiger partial charge in [-0.05, 0) is 57.0 Å². The number of para-hydroxylation sites is 1. The van der Waals surface area contributed by atoms with E-state index in [0.717, 1.165) is 37.9 Å². The van der Waals surface area contributed by atoms with E-state index in [9.17, 15) is 4.79 Å². The number of hydrogen-bond donors (Lipinski definition) is 2. The predicted octanol–water partition coefficient (Wildman–Crippen LogP) is 4.98. The highest BCUT2D eigenvalue weighted by molar-refractivity contribution is 7.22. The Labute approximate surface area is 162 Å². The van der Waals surface area contributed by atoms with E-state index in [1.807, 2.05) is 45.9 Å². The second kappa shape index (κ2) is 7.75. The lowest BCUT2D eigenvalue weighted by atomic mass is 10.1. The maximum Gasteiger partial charge on any atom is 0.259 e. The summed E-state index contributed by atoms with van der Waals surface area (Å²) in [5.41, 5.74) is 8.01. The molecule has 0 atom stereocenters. The summed E-state index contributed by atoms with van der Waals surface area (Å²) in [6.45, 7) is 7.79. The van der Waals surface area contributed by atoms with Crippen LogP contribution in [0.4, 0.5) is 10.8 Å². The van der Waals surface area contributed by atoms with Gasteiger partial charge in [0, 0.05) is 11.4 Å². The van der Waals surface area contributed by atoms with Crippen LogP contribution in [0, 0.1) is 13.8 Å². The summed E-state index contributed by atoms with van der Waals surface area (Å²) in [5.74, 6) is 0.343. The van der Waals surface area contributed by atoms with Gasteiger partial charge in [0.25, 0.3) is 5.91 Å². The predicted molar refractivity (Wildman–Crippen MR) is 112 cm³/mol. The number of thiazole rings is 1. The summed E-state index contributed by atoms with van der Waals surface area (Å²) >= 11 is 1.51. The molecule has 1 heterocycles. The quantitative estimate of drug-likeness (QED) is 0.482. The van der Waals surface area contributed by atoms with Crippen LogP contribution in [0.5, 0.6) is 5.75 Å². The number of ether oxygens (including phenoxy) is 1. The van der Waals surface area contributed by atoms with Crippen molar-refractivity contribution < 1.29 is 9.53 Å². The molecule has 0 aliphatic carbocycles. The van der Waals surface area contributed by atoms with Crippen molar-refractivity contribution in [1.29, 1.82) is 0 Å². The summed E-state index contributed by atoms with van der Waals surface area (Å²) < 4.78 is 6.31. The first-order valence-corrected chi connectivity index (χ1v) is 9.34. The Balaban J connectivity index is 1.97. The number of carbonyl (C=O) groups is 1. The normalized spacial score (nSPS) is 10.6. The fourth-order valence-electron chi connectivity index (χ4n) is 2.80. The third-order valence-corrected chi connectivity index (χ3v) is 5.18. The zero-order chi connectivity index (χ0) is 19.6. The van der Waals surface area contributed by atoms with Gasteiger partial charge in [-0.15, -0.1) is 0 Å². The number of nitrogens with zero attached hydrogens (tertiary/aromatic N) is 2. The summed E-state index contributed by atoms with van der Waals surface area (Å²) in [5, 5.41) is 7.96. The van der Waals surface area contributed by atoms with E-state index in [-0.39, 0.29) is 5.91 Å². The number of benzene rings is 2. The van der Waals surface area contributed by atoms with E-state index in [0.29, 0.717) is 11.3 Å². The van der Waals surface area contributed by atoms with Gasteiger partial charge < -0.3 is 10.1 Å². The van der Waals surface area contributed by atoms with E-state index < -0.39 is 0 Å². The molecule has 0 bridgehead atoms. The molecule has 0 aliphatic heterocycles. The molecule has 0 unspecified atom stereocenters. The van der Waals surface area contributed by atoms with Crippen LogP contribution in [0.25, 0.3) is 10.2 Å². The van der Waals surface area contributed by atoms with Gasteiger partial charge in [-0.3, -0.25) is 10.2 Å². The monoisotopic (exact) mass is 382 g/mol. The number of hydrazone groups is 1. The van der Waals surface area contributed by atoms with Crippen molar-refractivity contribution in [3.63, 3.8) is 0 Å². The molecule has 6 nitrogen and oxygen atoms in total. The summed E-state index contributed by atoms with van der Waals surface area (Å²) in [6.07, 6.45) is 0. The molecule has 3 rings (SSSR count). The molecular formula is C20H22N4O2S. The van der Waals surface area contributed by atoms with Crippen molar-refractivity contribution in [2.24, 2.45) is 5.10 Å². The van der Waals surface area contributed by atoms with Crippen LogP contribution in [0.2, 0.25) is 0 Å². The maximum absolute atomic E-state index is 12.8. The Morgan fingerprint density at radius 2 is 1.96 bits per heavy atom. The highest BCUT2D eigenvalue weighted by Crippen LogP contribution is 2.35. The minimum atomic E-state index is -0.202. The fourth-order valence-corrected chi connectivity index (χ4v) is 3.69. The summed E-state index contributed by atoms with van der Waals surface area (Å²) in [7, 11) is 1.56. The first-order chi connectivity index (χ1) is 12.9. The Hall–Kier alpha value is -2.93. The van der Waals surface area contributed by atoms with Crippen LogP contribution >= 0.6 is 11.3 Å². The van der Waals surface area contributed by atoms with E-state index in [1.165, 1.54) is 11.3 Å². The number of nitrogens with one attached hydrogen (secondary N) is 2. The van der Waals surface area contributed by atoms with Crippen LogP contribution < -0.4 is 15.5 Å². The number of amides is 1. The van der Waals surface area contributed by atoms with E-state index in [2.05, 4.69) is 20.8 Å². The number of aryl methyl sites for hydroxylation is 2. The number of methoxy groups -OCH3 is 1. The van der Waals surface area contributed by atoms with Crippen LogP contribution in [0.3, 0.4) is 0 Å². The number of anilines is 2. The van der Waals surface area contributed by atoms with Gasteiger partial charge in [-0.2, -0.15) is 5.10 Å². The largest absolute Gasteiger partial charge is 0.496 e. The Kier molecular flexibility index (Phi) is 5.41. The molecule has 2 N–H and O–H groups in total. The molecule has 0 saturated heterocycles. The average Bonchev–Trinajstić information content (AvgIpc) is 3.06. The molecule has 3 aromatic rings. The number of fused-ring (bicyclic) bond motifs is 1. The fraction of sp³-hybridized carbons (Fsp3) is 0.250. The highest BCUT2D eigenvalue weighted by atomic mass is 32.1. The molecule has 0 spiro atoms. The molecule has 0 fully saturated rings. The van der Waals surface area contributed by atoms with E-state index >= 15 is 0 Å². The standard InChI is InChI=1S/C20H22N4O2S/c1-11(2)23-24-20-21-15-10-12(3)17(13(4)18(15)27-20)22-19(25)14-8-6-7-9-16(14)26-5/h6-10H,1-5H3,(H,21,24)(H,22,25). The van der Waals surface area contributed by atoms with Crippen molar-refractivity contribution in [2.45, 2.75) is 27.7 Å². The maximum atomic E-state index is 12.8. The topological polar surface area (TPSA) is 75.6 Å². The lowest BCUT2D eigenvalue weighted by Gasteiger charge is -2.13. The first-order valence-electron chi connectivity index (χ1n) is 8.52. The first kappa shape index (κ1) is 18.8. The van der Waals surface area contributed by atoms with Crippen LogP contribution in [0.1, 0.15) is 35.3 Å². The lowest BCUT2D eigenvalue weighted by Crippen LogP contribution is -2.14. The molecular weight excluding hydrogens is 360 g/mol. The van der Waals surface area contributed by atoms with Crippen molar-refractivity contribution in [3.05, 3.63) is 47.0 Å². The summed E-state index contributed by atoms with van der Waals surface area (Å²) in [6, 6.07) is 9.15.